The summed E-state index contributed by atoms with van der Waals surface area (Å²) in [7, 11) is 0. The monoisotopic (exact) mass is 360 g/mol. The molecule has 0 N–H and O–H groups in total. The van der Waals surface area contributed by atoms with E-state index in [1.807, 2.05) is 30.3 Å². The van der Waals surface area contributed by atoms with E-state index in [9.17, 15) is 9.59 Å². The quantitative estimate of drug-likeness (QED) is 0.463. The second-order valence-electron chi connectivity index (χ2n) is 5.83. The number of carbonyl (C=O) groups excluding carboxylic acids is 1. The van der Waals surface area contributed by atoms with Crippen molar-refractivity contribution in [2.24, 2.45) is 0 Å². The van der Waals surface area contributed by atoms with Gasteiger partial charge in [0.1, 0.15) is 16.9 Å². The fraction of sp³-hybridized carbons (Fsp3) is 0. The highest BCUT2D eigenvalue weighted by Gasteiger charge is 2.23. The molecule has 0 aliphatic carbocycles. The first-order chi connectivity index (χ1) is 12.6. The number of hydrogen-bond donors (Lipinski definition) is 0. The van der Waals surface area contributed by atoms with E-state index >= 15 is 0 Å². The molecule has 0 atom stereocenters. The van der Waals surface area contributed by atoms with Gasteiger partial charge in [0.2, 0.25) is 11.2 Å². The second kappa shape index (κ2) is 6.62. The second-order valence-corrected chi connectivity index (χ2v) is 6.27. The van der Waals surface area contributed by atoms with Crippen molar-refractivity contribution in [2.75, 3.05) is 0 Å². The van der Waals surface area contributed by atoms with E-state index in [4.69, 9.17) is 16.0 Å². The van der Waals surface area contributed by atoms with Gasteiger partial charge in [-0.1, -0.05) is 54.1 Å². The molecule has 1 aromatic heterocycles. The van der Waals surface area contributed by atoms with Crippen molar-refractivity contribution >= 4 is 28.4 Å². The molecule has 0 aliphatic heterocycles. The molecule has 1 heterocycles. The lowest BCUT2D eigenvalue weighted by atomic mass is 9.97. The number of ketones is 1. The molecule has 4 rings (SSSR count). The van der Waals surface area contributed by atoms with Crippen molar-refractivity contribution in [2.45, 2.75) is 0 Å². The maximum absolute atomic E-state index is 13.1. The lowest BCUT2D eigenvalue weighted by Gasteiger charge is -2.10. The van der Waals surface area contributed by atoms with E-state index in [0.29, 0.717) is 27.1 Å². The number of rotatable bonds is 3. The Labute approximate surface area is 154 Å². The Morgan fingerprint density at radius 2 is 1.46 bits per heavy atom. The highest BCUT2D eigenvalue weighted by Crippen LogP contribution is 2.27. The molecule has 0 saturated heterocycles. The third-order valence-electron chi connectivity index (χ3n) is 4.17. The lowest BCUT2D eigenvalue weighted by Crippen LogP contribution is -2.17. The van der Waals surface area contributed by atoms with E-state index in [1.165, 1.54) is 0 Å². The first-order valence-corrected chi connectivity index (χ1v) is 8.44. The molecule has 26 heavy (non-hydrogen) atoms. The highest BCUT2D eigenvalue weighted by atomic mass is 35.5. The lowest BCUT2D eigenvalue weighted by molar-refractivity contribution is 0.103. The first kappa shape index (κ1) is 16.3. The van der Waals surface area contributed by atoms with E-state index in [2.05, 4.69) is 0 Å². The third-order valence-corrected chi connectivity index (χ3v) is 4.42. The maximum atomic E-state index is 13.1. The minimum atomic E-state index is -0.389. The van der Waals surface area contributed by atoms with Crippen LogP contribution < -0.4 is 5.43 Å². The standard InChI is InChI=1S/C22H13ClO3/c23-16-12-10-14(11-13-16)20(24)19-21(25)17-8-4-5-9-18(17)26-22(19)15-6-2-1-3-7-15/h1-13H. The Bertz CT molecular complexity index is 1160. The molecule has 3 aromatic carbocycles. The van der Waals surface area contributed by atoms with Gasteiger partial charge in [0.25, 0.3) is 0 Å². The Hall–Kier alpha value is -3.17. The van der Waals surface area contributed by atoms with Gasteiger partial charge in [0.05, 0.1) is 5.39 Å². The topological polar surface area (TPSA) is 47.3 Å². The van der Waals surface area contributed by atoms with Gasteiger partial charge in [-0.05, 0) is 36.4 Å². The molecule has 0 fully saturated rings. The van der Waals surface area contributed by atoms with Crippen LogP contribution in [0.15, 0.2) is 88.1 Å². The predicted octanol–water partition coefficient (Wildman–Crippen LogP) is 5.34. The van der Waals surface area contributed by atoms with Crippen molar-refractivity contribution in [3.05, 3.63) is 105 Å². The summed E-state index contributed by atoms with van der Waals surface area (Å²) in [6, 6.07) is 22.5. The van der Waals surface area contributed by atoms with Gasteiger partial charge in [0, 0.05) is 16.1 Å². The normalized spacial score (nSPS) is 10.8. The van der Waals surface area contributed by atoms with Gasteiger partial charge in [0.15, 0.2) is 0 Å². The van der Waals surface area contributed by atoms with Crippen LogP contribution in [0.1, 0.15) is 15.9 Å². The van der Waals surface area contributed by atoms with Crippen LogP contribution in [-0.4, -0.2) is 5.78 Å². The molecule has 0 bridgehead atoms. The SMILES string of the molecule is O=C(c1ccc(Cl)cc1)c1c(-c2ccccc2)oc2ccccc2c1=O. The molecular formula is C22H13ClO3. The largest absolute Gasteiger partial charge is 0.455 e. The van der Waals surface area contributed by atoms with Gasteiger partial charge >= 0.3 is 0 Å². The molecule has 126 valence electrons. The molecule has 0 spiro atoms. The van der Waals surface area contributed by atoms with Gasteiger partial charge in [-0.25, -0.2) is 0 Å². The summed E-state index contributed by atoms with van der Waals surface area (Å²) in [5.74, 6) is -0.116. The Morgan fingerprint density at radius 1 is 0.808 bits per heavy atom. The summed E-state index contributed by atoms with van der Waals surface area (Å²) < 4.78 is 5.98. The van der Waals surface area contributed by atoms with E-state index in [-0.39, 0.29) is 22.5 Å². The summed E-state index contributed by atoms with van der Waals surface area (Å²) in [5, 5.41) is 0.903. The van der Waals surface area contributed by atoms with Crippen molar-refractivity contribution in [3.63, 3.8) is 0 Å². The van der Waals surface area contributed by atoms with Crippen LogP contribution in [0, 0.1) is 0 Å². The number of halogens is 1. The van der Waals surface area contributed by atoms with Gasteiger partial charge < -0.3 is 4.42 Å². The zero-order valence-corrected chi connectivity index (χ0v) is 14.4. The summed E-state index contributed by atoms with van der Waals surface area (Å²) in [5.41, 5.74) is 1.19. The molecule has 0 saturated carbocycles. The van der Waals surface area contributed by atoms with Crippen LogP contribution >= 0.6 is 11.6 Å². The first-order valence-electron chi connectivity index (χ1n) is 8.06. The van der Waals surface area contributed by atoms with Crippen LogP contribution in [0.5, 0.6) is 0 Å². The van der Waals surface area contributed by atoms with E-state index in [0.717, 1.165) is 0 Å². The molecule has 4 heteroatoms. The summed E-state index contributed by atoms with van der Waals surface area (Å²) in [6.07, 6.45) is 0. The molecule has 0 unspecified atom stereocenters. The van der Waals surface area contributed by atoms with E-state index < -0.39 is 0 Å². The van der Waals surface area contributed by atoms with Crippen LogP contribution in [0.2, 0.25) is 5.02 Å². The number of para-hydroxylation sites is 1. The Kier molecular flexibility index (Phi) is 4.15. The number of carbonyl (C=O) groups is 1. The fourth-order valence-electron chi connectivity index (χ4n) is 2.89. The molecule has 0 amide bonds. The maximum Gasteiger partial charge on any atom is 0.204 e. The minimum Gasteiger partial charge on any atom is -0.455 e. The summed E-state index contributed by atoms with van der Waals surface area (Å²) >= 11 is 5.91. The minimum absolute atomic E-state index is 0.0252. The molecule has 4 aromatic rings. The van der Waals surface area contributed by atoms with Crippen LogP contribution in [-0.2, 0) is 0 Å². The molecule has 0 radical (unpaired) electrons. The Morgan fingerprint density at radius 3 is 2.19 bits per heavy atom. The van der Waals surface area contributed by atoms with Crippen molar-refractivity contribution < 1.29 is 9.21 Å². The predicted molar refractivity (Wildman–Crippen MR) is 103 cm³/mol. The van der Waals surface area contributed by atoms with Crippen LogP contribution in [0.25, 0.3) is 22.3 Å². The molecule has 0 aliphatic rings. The van der Waals surface area contributed by atoms with Gasteiger partial charge in [-0.15, -0.1) is 0 Å². The van der Waals surface area contributed by atoms with E-state index in [1.54, 1.807) is 48.5 Å². The van der Waals surface area contributed by atoms with Crippen LogP contribution in [0.4, 0.5) is 0 Å². The van der Waals surface area contributed by atoms with Gasteiger partial charge in [-0.2, -0.15) is 0 Å². The molecule has 3 nitrogen and oxygen atoms in total. The van der Waals surface area contributed by atoms with Crippen molar-refractivity contribution in [1.29, 1.82) is 0 Å². The summed E-state index contributed by atoms with van der Waals surface area (Å²) in [4.78, 5) is 26.2. The smallest absolute Gasteiger partial charge is 0.204 e. The van der Waals surface area contributed by atoms with Crippen LogP contribution in [0.3, 0.4) is 0 Å². The molecular weight excluding hydrogens is 348 g/mol. The third kappa shape index (κ3) is 2.83. The number of hydrogen-bond acceptors (Lipinski definition) is 3. The fourth-order valence-corrected chi connectivity index (χ4v) is 3.01. The number of fused-ring (bicyclic) bond motifs is 1. The highest BCUT2D eigenvalue weighted by molar-refractivity contribution is 6.30. The average Bonchev–Trinajstić information content (AvgIpc) is 2.69. The Balaban J connectivity index is 2.03. The zero-order chi connectivity index (χ0) is 18.1. The average molecular weight is 361 g/mol. The number of benzene rings is 3. The zero-order valence-electron chi connectivity index (χ0n) is 13.6. The summed E-state index contributed by atoms with van der Waals surface area (Å²) in [6.45, 7) is 0. The van der Waals surface area contributed by atoms with Crippen molar-refractivity contribution in [1.82, 2.24) is 0 Å². The van der Waals surface area contributed by atoms with Gasteiger partial charge in [-0.3, -0.25) is 9.59 Å². The van der Waals surface area contributed by atoms with Crippen molar-refractivity contribution in [3.8, 4) is 11.3 Å².